The van der Waals surface area contributed by atoms with Crippen LogP contribution in [0.1, 0.15) is 21.3 Å². The van der Waals surface area contributed by atoms with Crippen molar-refractivity contribution in [3.05, 3.63) is 89.7 Å². The van der Waals surface area contributed by atoms with Crippen molar-refractivity contribution in [2.75, 3.05) is 23.1 Å². The summed E-state index contributed by atoms with van der Waals surface area (Å²) in [6.07, 6.45) is 0. The van der Waals surface area contributed by atoms with Crippen molar-refractivity contribution in [1.29, 1.82) is 0 Å². The predicted molar refractivity (Wildman–Crippen MR) is 116 cm³/mol. The first kappa shape index (κ1) is 20.0. The van der Waals surface area contributed by atoms with Gasteiger partial charge in [-0.25, -0.2) is 4.39 Å². The van der Waals surface area contributed by atoms with Crippen molar-refractivity contribution in [2.45, 2.75) is 5.37 Å². The van der Waals surface area contributed by atoms with Crippen LogP contribution < -0.4 is 15.0 Å². The normalized spacial score (nSPS) is 15.9. The summed E-state index contributed by atoms with van der Waals surface area (Å²) in [4.78, 5) is 26.8. The molecule has 1 heterocycles. The number of thioether (sulfide) groups is 1. The minimum Gasteiger partial charge on any atom is -0.497 e. The van der Waals surface area contributed by atoms with Gasteiger partial charge in [-0.1, -0.05) is 24.3 Å². The van der Waals surface area contributed by atoms with Gasteiger partial charge in [0.1, 0.15) is 16.9 Å². The van der Waals surface area contributed by atoms with Crippen LogP contribution >= 0.6 is 11.8 Å². The lowest BCUT2D eigenvalue weighted by Crippen LogP contribution is -2.27. The Labute approximate surface area is 177 Å². The summed E-state index contributed by atoms with van der Waals surface area (Å²) < 4.78 is 18.7. The quantitative estimate of drug-likeness (QED) is 0.638. The van der Waals surface area contributed by atoms with Crippen LogP contribution in [-0.4, -0.2) is 24.7 Å². The maximum Gasteiger partial charge on any atom is 0.255 e. The van der Waals surface area contributed by atoms with Crippen LogP contribution in [0.5, 0.6) is 5.75 Å². The monoisotopic (exact) mass is 422 g/mol. The van der Waals surface area contributed by atoms with Crippen LogP contribution in [0.15, 0.2) is 72.8 Å². The van der Waals surface area contributed by atoms with E-state index in [1.54, 1.807) is 24.1 Å². The fraction of sp³-hybridized carbons (Fsp3) is 0.130. The highest BCUT2D eigenvalue weighted by Gasteiger charge is 2.34. The molecule has 30 heavy (non-hydrogen) atoms. The molecular weight excluding hydrogens is 403 g/mol. The molecule has 7 heteroatoms. The molecule has 0 aliphatic carbocycles. The lowest BCUT2D eigenvalue weighted by atomic mass is 10.1. The van der Waals surface area contributed by atoms with Crippen molar-refractivity contribution in [3.8, 4) is 5.75 Å². The number of carbonyl (C=O) groups is 2. The number of nitrogens with zero attached hydrogens (tertiary/aromatic N) is 1. The highest BCUT2D eigenvalue weighted by Crippen LogP contribution is 2.42. The molecule has 4 rings (SSSR count). The second-order valence-electron chi connectivity index (χ2n) is 6.72. The molecule has 2 amide bonds. The van der Waals surface area contributed by atoms with E-state index in [0.29, 0.717) is 17.2 Å². The van der Waals surface area contributed by atoms with Gasteiger partial charge in [-0.2, -0.15) is 0 Å². The van der Waals surface area contributed by atoms with E-state index in [4.69, 9.17) is 4.74 Å². The maximum absolute atomic E-state index is 13.4. The van der Waals surface area contributed by atoms with E-state index in [9.17, 15) is 14.0 Å². The topological polar surface area (TPSA) is 58.6 Å². The zero-order valence-corrected chi connectivity index (χ0v) is 17.0. The summed E-state index contributed by atoms with van der Waals surface area (Å²) in [5.41, 5.74) is 2.45. The fourth-order valence-electron chi connectivity index (χ4n) is 3.31. The van der Waals surface area contributed by atoms with E-state index >= 15 is 0 Å². The Kier molecular flexibility index (Phi) is 5.72. The van der Waals surface area contributed by atoms with Crippen LogP contribution in [0.2, 0.25) is 0 Å². The smallest absolute Gasteiger partial charge is 0.255 e. The molecule has 0 unspecified atom stereocenters. The maximum atomic E-state index is 13.4. The van der Waals surface area contributed by atoms with Gasteiger partial charge in [0, 0.05) is 23.0 Å². The number of rotatable bonds is 5. The molecule has 1 fully saturated rings. The van der Waals surface area contributed by atoms with Gasteiger partial charge in [0.15, 0.2) is 0 Å². The first-order valence-electron chi connectivity index (χ1n) is 9.30. The lowest BCUT2D eigenvalue weighted by molar-refractivity contribution is -0.115. The average molecular weight is 422 g/mol. The Bertz CT molecular complexity index is 1110. The first-order valence-corrected chi connectivity index (χ1v) is 10.3. The molecule has 1 aliphatic rings. The Morgan fingerprint density at radius 1 is 1.10 bits per heavy atom. The molecule has 1 atom stereocenters. The van der Waals surface area contributed by atoms with Crippen LogP contribution in [0.4, 0.5) is 15.8 Å². The second kappa shape index (κ2) is 8.59. The van der Waals surface area contributed by atoms with Crippen molar-refractivity contribution >= 4 is 35.0 Å². The standard InChI is InChI=1S/C23H19FN2O3S/c1-29-20-10-4-9-19(13-20)26-21(27)14-30-23(26)16-6-3-8-18(12-16)25-22(28)15-5-2-7-17(24)11-15/h2-13,23H,14H2,1H3,(H,25,28)/t23-/m0/s1. The molecule has 0 bridgehead atoms. The Hall–Kier alpha value is -3.32. The molecule has 0 radical (unpaired) electrons. The van der Waals surface area contributed by atoms with Gasteiger partial charge in [0.05, 0.1) is 12.9 Å². The SMILES string of the molecule is COc1cccc(N2C(=O)CS[C@H]2c2cccc(NC(=O)c3cccc(F)c3)c2)c1. The third kappa shape index (κ3) is 4.16. The van der Waals surface area contributed by atoms with Gasteiger partial charge in [0.2, 0.25) is 5.91 Å². The number of carbonyl (C=O) groups excluding carboxylic acids is 2. The Balaban J connectivity index is 1.59. The number of hydrogen-bond donors (Lipinski definition) is 1. The zero-order chi connectivity index (χ0) is 21.1. The number of halogens is 1. The number of methoxy groups -OCH3 is 1. The summed E-state index contributed by atoms with van der Waals surface area (Å²) in [5.74, 6) is 0.180. The number of nitrogens with one attached hydrogen (secondary N) is 1. The summed E-state index contributed by atoms with van der Waals surface area (Å²) in [5, 5.41) is 2.57. The van der Waals surface area contributed by atoms with E-state index in [1.165, 1.54) is 30.0 Å². The van der Waals surface area contributed by atoms with Crippen LogP contribution in [0, 0.1) is 5.82 Å². The highest BCUT2D eigenvalue weighted by molar-refractivity contribution is 8.00. The number of ether oxygens (including phenoxy) is 1. The Morgan fingerprint density at radius 3 is 2.70 bits per heavy atom. The number of hydrogen-bond acceptors (Lipinski definition) is 4. The van der Waals surface area contributed by atoms with Crippen molar-refractivity contribution in [2.24, 2.45) is 0 Å². The average Bonchev–Trinajstić information content (AvgIpc) is 3.15. The third-order valence-electron chi connectivity index (χ3n) is 4.72. The van der Waals surface area contributed by atoms with Crippen LogP contribution in [-0.2, 0) is 4.79 Å². The highest BCUT2D eigenvalue weighted by atomic mass is 32.2. The Morgan fingerprint density at radius 2 is 1.90 bits per heavy atom. The van der Waals surface area contributed by atoms with Gasteiger partial charge in [0.25, 0.3) is 5.91 Å². The van der Waals surface area contributed by atoms with Crippen LogP contribution in [0.25, 0.3) is 0 Å². The molecule has 3 aromatic rings. The van der Waals surface area contributed by atoms with Gasteiger partial charge in [-0.3, -0.25) is 14.5 Å². The summed E-state index contributed by atoms with van der Waals surface area (Å²) in [6.45, 7) is 0. The fourth-order valence-corrected chi connectivity index (χ4v) is 4.48. The largest absolute Gasteiger partial charge is 0.497 e. The van der Waals surface area contributed by atoms with Crippen molar-refractivity contribution < 1.29 is 18.7 Å². The molecular formula is C23H19FN2O3S. The number of anilines is 2. The summed E-state index contributed by atoms with van der Waals surface area (Å²) in [6, 6.07) is 20.2. The van der Waals surface area contributed by atoms with Crippen molar-refractivity contribution in [3.63, 3.8) is 0 Å². The van der Waals surface area contributed by atoms with Crippen molar-refractivity contribution in [1.82, 2.24) is 0 Å². The van der Waals surface area contributed by atoms with Gasteiger partial charge in [-0.05, 0) is 48.0 Å². The first-order chi connectivity index (χ1) is 14.5. The molecule has 0 saturated carbocycles. The van der Waals surface area contributed by atoms with E-state index in [-0.39, 0.29) is 16.8 Å². The number of amides is 2. The zero-order valence-electron chi connectivity index (χ0n) is 16.2. The van der Waals surface area contributed by atoms with Gasteiger partial charge < -0.3 is 10.1 Å². The summed E-state index contributed by atoms with van der Waals surface area (Å²) in [7, 11) is 1.59. The second-order valence-corrected chi connectivity index (χ2v) is 7.79. The van der Waals surface area contributed by atoms with Gasteiger partial charge >= 0.3 is 0 Å². The molecule has 1 N–H and O–H groups in total. The van der Waals surface area contributed by atoms with Crippen LogP contribution in [0.3, 0.4) is 0 Å². The molecule has 152 valence electrons. The van der Waals surface area contributed by atoms with Gasteiger partial charge in [-0.15, -0.1) is 11.8 Å². The van der Waals surface area contributed by atoms with E-state index in [1.807, 2.05) is 42.5 Å². The molecule has 5 nitrogen and oxygen atoms in total. The molecule has 1 saturated heterocycles. The van der Waals surface area contributed by atoms with E-state index in [2.05, 4.69) is 5.32 Å². The predicted octanol–water partition coefficient (Wildman–Crippen LogP) is 4.87. The third-order valence-corrected chi connectivity index (χ3v) is 5.93. The summed E-state index contributed by atoms with van der Waals surface area (Å²) >= 11 is 1.52. The lowest BCUT2D eigenvalue weighted by Gasteiger charge is -2.25. The molecule has 0 spiro atoms. The molecule has 1 aliphatic heterocycles. The number of benzene rings is 3. The minimum atomic E-state index is -0.466. The minimum absolute atomic E-state index is 0.00690. The molecule has 0 aromatic heterocycles. The van der Waals surface area contributed by atoms with E-state index in [0.717, 1.165) is 11.3 Å². The molecule has 3 aromatic carbocycles. The van der Waals surface area contributed by atoms with E-state index < -0.39 is 11.7 Å².